The van der Waals surface area contributed by atoms with Crippen LogP contribution in [0.5, 0.6) is 0 Å². The molecule has 1 saturated heterocycles. The Morgan fingerprint density at radius 2 is 1.90 bits per heavy atom. The second-order valence-electron chi connectivity index (χ2n) is 7.25. The average Bonchev–Trinajstić information content (AvgIpc) is 2.66. The van der Waals surface area contributed by atoms with Crippen molar-refractivity contribution >= 4 is 0 Å². The molecule has 1 fully saturated rings. The van der Waals surface area contributed by atoms with E-state index in [4.69, 9.17) is 4.74 Å². The Kier molecular flexibility index (Phi) is 3.76. The van der Waals surface area contributed by atoms with Gasteiger partial charge in [0.25, 0.3) is 0 Å². The van der Waals surface area contributed by atoms with Crippen molar-refractivity contribution in [2.24, 2.45) is 13.0 Å². The standard InChI is InChI=1S/C16H29N3O/c1-10-13(11(2)19(8)18-10)14(17-7)12-9-15(3,4)20-16(12,5)6/h12,14,17H,9H2,1-8H3. The maximum Gasteiger partial charge on any atom is 0.0681 e. The number of aryl methyl sites for hydroxylation is 2. The molecule has 4 nitrogen and oxygen atoms in total. The van der Waals surface area contributed by atoms with Crippen molar-refractivity contribution in [3.05, 3.63) is 17.0 Å². The molecule has 4 heteroatoms. The molecule has 0 amide bonds. The zero-order chi connectivity index (χ0) is 15.3. The number of ether oxygens (including phenoxy) is 1. The molecule has 2 unspecified atom stereocenters. The van der Waals surface area contributed by atoms with Crippen molar-refractivity contribution < 1.29 is 4.74 Å². The third-order valence-corrected chi connectivity index (χ3v) is 4.73. The van der Waals surface area contributed by atoms with Crippen LogP contribution in [-0.2, 0) is 11.8 Å². The highest BCUT2D eigenvalue weighted by Gasteiger charge is 2.49. The molecule has 0 radical (unpaired) electrons. The minimum Gasteiger partial charge on any atom is -0.369 e. The van der Waals surface area contributed by atoms with Crippen LogP contribution in [0.4, 0.5) is 0 Å². The van der Waals surface area contributed by atoms with Crippen LogP contribution in [0.3, 0.4) is 0 Å². The molecule has 114 valence electrons. The van der Waals surface area contributed by atoms with Crippen LogP contribution in [0.15, 0.2) is 0 Å². The third-order valence-electron chi connectivity index (χ3n) is 4.73. The molecular formula is C16H29N3O. The minimum absolute atomic E-state index is 0.0622. The summed E-state index contributed by atoms with van der Waals surface area (Å²) < 4.78 is 8.25. The third kappa shape index (κ3) is 2.51. The zero-order valence-electron chi connectivity index (χ0n) is 14.2. The van der Waals surface area contributed by atoms with E-state index in [-0.39, 0.29) is 17.2 Å². The molecular weight excluding hydrogens is 250 g/mol. The van der Waals surface area contributed by atoms with Crippen LogP contribution in [0, 0.1) is 19.8 Å². The van der Waals surface area contributed by atoms with Crippen LogP contribution in [0.25, 0.3) is 0 Å². The smallest absolute Gasteiger partial charge is 0.0681 e. The number of hydrogen-bond acceptors (Lipinski definition) is 3. The van der Waals surface area contributed by atoms with Crippen LogP contribution < -0.4 is 5.32 Å². The fourth-order valence-electron chi connectivity index (χ4n) is 3.91. The monoisotopic (exact) mass is 279 g/mol. The minimum atomic E-state index is -0.133. The molecule has 1 aromatic rings. The van der Waals surface area contributed by atoms with Crippen LogP contribution in [-0.4, -0.2) is 28.0 Å². The second-order valence-corrected chi connectivity index (χ2v) is 7.25. The predicted molar refractivity (Wildman–Crippen MR) is 81.8 cm³/mol. The Balaban J connectivity index is 2.43. The first-order valence-electron chi connectivity index (χ1n) is 7.46. The first-order valence-corrected chi connectivity index (χ1v) is 7.46. The van der Waals surface area contributed by atoms with E-state index in [9.17, 15) is 0 Å². The number of aromatic nitrogens is 2. The van der Waals surface area contributed by atoms with Crippen molar-refractivity contribution in [2.45, 2.75) is 65.2 Å². The lowest BCUT2D eigenvalue weighted by Crippen LogP contribution is -2.37. The molecule has 20 heavy (non-hydrogen) atoms. The second kappa shape index (κ2) is 4.85. The molecule has 1 aliphatic heterocycles. The molecule has 0 bridgehead atoms. The summed E-state index contributed by atoms with van der Waals surface area (Å²) in [5.74, 6) is 0.434. The number of hydrogen-bond donors (Lipinski definition) is 1. The largest absolute Gasteiger partial charge is 0.369 e. The Morgan fingerprint density at radius 1 is 1.30 bits per heavy atom. The van der Waals surface area contributed by atoms with Gasteiger partial charge in [0.2, 0.25) is 0 Å². The number of nitrogens with one attached hydrogen (secondary N) is 1. The van der Waals surface area contributed by atoms with Crippen molar-refractivity contribution in [1.29, 1.82) is 0 Å². The zero-order valence-corrected chi connectivity index (χ0v) is 14.2. The molecule has 2 atom stereocenters. The van der Waals surface area contributed by atoms with Gasteiger partial charge in [-0.3, -0.25) is 4.68 Å². The van der Waals surface area contributed by atoms with Crippen molar-refractivity contribution in [3.8, 4) is 0 Å². The topological polar surface area (TPSA) is 39.1 Å². The first-order chi connectivity index (χ1) is 9.09. The van der Waals surface area contributed by atoms with Gasteiger partial charge < -0.3 is 10.1 Å². The van der Waals surface area contributed by atoms with Crippen molar-refractivity contribution in [2.75, 3.05) is 7.05 Å². The average molecular weight is 279 g/mol. The maximum absolute atomic E-state index is 6.27. The molecule has 0 spiro atoms. The molecule has 1 N–H and O–H groups in total. The molecule has 0 saturated carbocycles. The summed E-state index contributed by atoms with van der Waals surface area (Å²) in [6.45, 7) is 13.0. The summed E-state index contributed by atoms with van der Waals surface area (Å²) in [6, 6.07) is 0.278. The summed E-state index contributed by atoms with van der Waals surface area (Å²) in [5.41, 5.74) is 3.49. The molecule has 0 aliphatic carbocycles. The normalized spacial score (nSPS) is 25.9. The van der Waals surface area contributed by atoms with Gasteiger partial charge in [0.15, 0.2) is 0 Å². The molecule has 1 aliphatic rings. The first kappa shape index (κ1) is 15.5. The van der Waals surface area contributed by atoms with Gasteiger partial charge >= 0.3 is 0 Å². The number of rotatable bonds is 3. The summed E-state index contributed by atoms with van der Waals surface area (Å²) >= 11 is 0. The molecule has 0 aromatic carbocycles. The highest BCUT2D eigenvalue weighted by Crippen LogP contribution is 2.48. The Morgan fingerprint density at radius 3 is 2.25 bits per heavy atom. The lowest BCUT2D eigenvalue weighted by molar-refractivity contribution is -0.0777. The van der Waals surface area contributed by atoms with E-state index in [1.807, 2.05) is 18.8 Å². The Hall–Kier alpha value is -0.870. The van der Waals surface area contributed by atoms with Gasteiger partial charge in [-0.15, -0.1) is 0 Å². The van der Waals surface area contributed by atoms with Gasteiger partial charge in [0, 0.05) is 30.3 Å². The fraction of sp³-hybridized carbons (Fsp3) is 0.812. The van der Waals surface area contributed by atoms with Crippen molar-refractivity contribution in [3.63, 3.8) is 0 Å². The van der Waals surface area contributed by atoms with E-state index >= 15 is 0 Å². The lowest BCUT2D eigenvalue weighted by atomic mass is 9.78. The maximum atomic E-state index is 6.27. The lowest BCUT2D eigenvalue weighted by Gasteiger charge is -2.33. The molecule has 1 aromatic heterocycles. The highest BCUT2D eigenvalue weighted by molar-refractivity contribution is 5.30. The van der Waals surface area contributed by atoms with Gasteiger partial charge in [-0.1, -0.05) is 0 Å². The molecule has 2 rings (SSSR count). The van der Waals surface area contributed by atoms with E-state index in [1.165, 1.54) is 11.3 Å². The van der Waals surface area contributed by atoms with Gasteiger partial charge in [-0.25, -0.2) is 0 Å². The summed E-state index contributed by atoms with van der Waals surface area (Å²) in [4.78, 5) is 0. The van der Waals surface area contributed by atoms with Gasteiger partial charge in [0.1, 0.15) is 0 Å². The van der Waals surface area contributed by atoms with Crippen LogP contribution >= 0.6 is 0 Å². The van der Waals surface area contributed by atoms with E-state index in [1.54, 1.807) is 0 Å². The van der Waals surface area contributed by atoms with Gasteiger partial charge in [0.05, 0.1) is 16.9 Å². The van der Waals surface area contributed by atoms with E-state index in [0.29, 0.717) is 5.92 Å². The SMILES string of the molecule is CNC(c1c(C)nn(C)c1C)C1CC(C)(C)OC1(C)C. The van der Waals surface area contributed by atoms with Crippen molar-refractivity contribution in [1.82, 2.24) is 15.1 Å². The predicted octanol–water partition coefficient (Wildman–Crippen LogP) is 2.89. The summed E-state index contributed by atoms with van der Waals surface area (Å²) in [5, 5.41) is 8.09. The molecule has 2 heterocycles. The van der Waals surface area contributed by atoms with E-state index in [2.05, 4.69) is 52.0 Å². The Bertz CT molecular complexity index is 502. The van der Waals surface area contributed by atoms with Crippen LogP contribution in [0.1, 0.15) is 57.1 Å². The van der Waals surface area contributed by atoms with Gasteiger partial charge in [-0.05, 0) is 55.0 Å². The summed E-state index contributed by atoms with van der Waals surface area (Å²) in [6.07, 6.45) is 1.05. The van der Waals surface area contributed by atoms with Gasteiger partial charge in [-0.2, -0.15) is 5.10 Å². The quantitative estimate of drug-likeness (QED) is 0.924. The Labute approximate surface area is 122 Å². The van der Waals surface area contributed by atoms with E-state index < -0.39 is 0 Å². The van der Waals surface area contributed by atoms with Crippen LogP contribution in [0.2, 0.25) is 0 Å². The number of nitrogens with zero attached hydrogens (tertiary/aromatic N) is 2. The highest BCUT2D eigenvalue weighted by atomic mass is 16.5. The summed E-state index contributed by atoms with van der Waals surface area (Å²) in [7, 11) is 4.05. The van der Waals surface area contributed by atoms with E-state index in [0.717, 1.165) is 12.1 Å². The fourth-order valence-corrected chi connectivity index (χ4v) is 3.91.